The van der Waals surface area contributed by atoms with Gasteiger partial charge in [-0.25, -0.2) is 0 Å². The number of likely N-dealkylation sites (N-methyl/N-ethyl adjacent to an activating group) is 1. The van der Waals surface area contributed by atoms with E-state index in [9.17, 15) is 0 Å². The summed E-state index contributed by atoms with van der Waals surface area (Å²) in [5.74, 6) is 0.801. The Labute approximate surface area is 78.0 Å². The van der Waals surface area contributed by atoms with E-state index in [1.807, 2.05) is 11.3 Å². The molecule has 0 radical (unpaired) electrons. The molecule has 0 bridgehead atoms. The summed E-state index contributed by atoms with van der Waals surface area (Å²) in [7, 11) is 2.22. The molecule has 0 amide bonds. The van der Waals surface area contributed by atoms with Gasteiger partial charge in [0.25, 0.3) is 0 Å². The highest BCUT2D eigenvalue weighted by molar-refractivity contribution is 7.07. The van der Waals surface area contributed by atoms with Crippen LogP contribution in [0.3, 0.4) is 0 Å². The van der Waals surface area contributed by atoms with Crippen LogP contribution in [0.15, 0.2) is 16.8 Å². The van der Waals surface area contributed by atoms with E-state index in [2.05, 4.69) is 28.8 Å². The molecule has 2 heteroatoms. The molecule has 1 nitrogen and oxygen atoms in total. The second-order valence-electron chi connectivity index (χ2n) is 3.66. The number of thiophene rings is 1. The Bertz CT molecular complexity index is 230. The van der Waals surface area contributed by atoms with Crippen LogP contribution in [0, 0.1) is 0 Å². The van der Waals surface area contributed by atoms with Gasteiger partial charge >= 0.3 is 0 Å². The largest absolute Gasteiger partial charge is 0.306 e. The van der Waals surface area contributed by atoms with Crippen LogP contribution >= 0.6 is 11.3 Å². The van der Waals surface area contributed by atoms with Gasteiger partial charge < -0.3 is 4.90 Å². The molecule has 1 aliphatic rings. The maximum atomic E-state index is 2.44. The minimum atomic E-state index is 0.801. The van der Waals surface area contributed by atoms with E-state index in [1.165, 1.54) is 25.9 Å². The van der Waals surface area contributed by atoms with Crippen molar-refractivity contribution < 1.29 is 0 Å². The van der Waals surface area contributed by atoms with Gasteiger partial charge in [-0.15, -0.1) is 0 Å². The molecular formula is C10H15NS. The summed E-state index contributed by atoms with van der Waals surface area (Å²) < 4.78 is 0. The molecule has 0 N–H and O–H groups in total. The quantitative estimate of drug-likeness (QED) is 0.643. The normalized spacial score (nSPS) is 25.9. The van der Waals surface area contributed by atoms with Gasteiger partial charge in [0.15, 0.2) is 0 Å². The molecule has 1 saturated heterocycles. The number of likely N-dealkylation sites (tertiary alicyclic amines) is 1. The Morgan fingerprint density at radius 3 is 3.17 bits per heavy atom. The van der Waals surface area contributed by atoms with Crippen LogP contribution in [0.4, 0.5) is 0 Å². The molecule has 1 unspecified atom stereocenters. The van der Waals surface area contributed by atoms with Gasteiger partial charge in [0.05, 0.1) is 0 Å². The summed E-state index contributed by atoms with van der Waals surface area (Å²) in [4.78, 5) is 2.44. The van der Waals surface area contributed by atoms with Gasteiger partial charge in [0, 0.05) is 6.54 Å². The maximum absolute atomic E-state index is 2.44. The van der Waals surface area contributed by atoms with Crippen molar-refractivity contribution in [2.75, 3.05) is 20.1 Å². The summed E-state index contributed by atoms with van der Waals surface area (Å²) in [5.41, 5.74) is 1.55. The number of hydrogen-bond acceptors (Lipinski definition) is 2. The minimum Gasteiger partial charge on any atom is -0.306 e. The van der Waals surface area contributed by atoms with Crippen molar-refractivity contribution in [3.63, 3.8) is 0 Å². The van der Waals surface area contributed by atoms with E-state index >= 15 is 0 Å². The molecular weight excluding hydrogens is 166 g/mol. The zero-order chi connectivity index (χ0) is 8.39. The highest BCUT2D eigenvalue weighted by Gasteiger charge is 2.18. The van der Waals surface area contributed by atoms with Crippen LogP contribution in [0.1, 0.15) is 24.3 Å². The van der Waals surface area contributed by atoms with Crippen molar-refractivity contribution in [3.05, 3.63) is 22.4 Å². The molecule has 12 heavy (non-hydrogen) atoms. The van der Waals surface area contributed by atoms with Gasteiger partial charge in [-0.1, -0.05) is 0 Å². The fourth-order valence-corrected chi connectivity index (χ4v) is 2.69. The van der Waals surface area contributed by atoms with Gasteiger partial charge in [-0.05, 0) is 54.7 Å². The second-order valence-corrected chi connectivity index (χ2v) is 4.44. The SMILES string of the molecule is CN1CCCC(c2ccsc2)C1. The third kappa shape index (κ3) is 1.70. The van der Waals surface area contributed by atoms with Crippen LogP contribution in [0.5, 0.6) is 0 Å². The molecule has 1 atom stereocenters. The number of rotatable bonds is 1. The smallest absolute Gasteiger partial charge is 0.00475 e. The molecule has 1 fully saturated rings. The Morgan fingerprint density at radius 2 is 2.50 bits per heavy atom. The maximum Gasteiger partial charge on any atom is 0.00475 e. The molecule has 0 aromatic carbocycles. The predicted molar refractivity (Wildman–Crippen MR) is 53.8 cm³/mol. The summed E-state index contributed by atoms with van der Waals surface area (Å²) >= 11 is 1.82. The van der Waals surface area contributed by atoms with Crippen LogP contribution in [0.25, 0.3) is 0 Å². The lowest BCUT2D eigenvalue weighted by Gasteiger charge is -2.29. The van der Waals surface area contributed by atoms with Crippen molar-refractivity contribution in [1.29, 1.82) is 0 Å². The number of hydrogen-bond donors (Lipinski definition) is 0. The van der Waals surface area contributed by atoms with Crippen molar-refractivity contribution in [2.24, 2.45) is 0 Å². The number of nitrogens with zero attached hydrogens (tertiary/aromatic N) is 1. The Kier molecular flexibility index (Phi) is 2.47. The highest BCUT2D eigenvalue weighted by atomic mass is 32.1. The van der Waals surface area contributed by atoms with Gasteiger partial charge in [-0.3, -0.25) is 0 Å². The van der Waals surface area contributed by atoms with E-state index in [0.717, 1.165) is 5.92 Å². The lowest BCUT2D eigenvalue weighted by molar-refractivity contribution is 0.251. The standard InChI is InChI=1S/C10H15NS/c1-11-5-2-3-9(7-11)10-4-6-12-8-10/h4,6,8-9H,2-3,5,7H2,1H3. The van der Waals surface area contributed by atoms with Gasteiger partial charge in [0.1, 0.15) is 0 Å². The zero-order valence-corrected chi connectivity index (χ0v) is 8.31. The first-order valence-corrected chi connectivity index (χ1v) is 5.51. The molecule has 1 aliphatic heterocycles. The first kappa shape index (κ1) is 8.27. The molecule has 0 spiro atoms. The van der Waals surface area contributed by atoms with Crippen molar-refractivity contribution >= 4 is 11.3 Å². The van der Waals surface area contributed by atoms with Gasteiger partial charge in [-0.2, -0.15) is 11.3 Å². The van der Waals surface area contributed by atoms with Crippen LogP contribution in [-0.2, 0) is 0 Å². The zero-order valence-electron chi connectivity index (χ0n) is 7.49. The fraction of sp³-hybridized carbons (Fsp3) is 0.600. The molecule has 1 aromatic heterocycles. The molecule has 2 heterocycles. The highest BCUT2D eigenvalue weighted by Crippen LogP contribution is 2.27. The third-order valence-corrected chi connectivity index (χ3v) is 3.34. The van der Waals surface area contributed by atoms with Crippen LogP contribution in [-0.4, -0.2) is 25.0 Å². The lowest BCUT2D eigenvalue weighted by atomic mass is 9.93. The van der Waals surface area contributed by atoms with Crippen LogP contribution in [0.2, 0.25) is 0 Å². The van der Waals surface area contributed by atoms with Crippen molar-refractivity contribution in [3.8, 4) is 0 Å². The lowest BCUT2D eigenvalue weighted by Crippen LogP contribution is -2.30. The van der Waals surface area contributed by atoms with Crippen LogP contribution < -0.4 is 0 Å². The van der Waals surface area contributed by atoms with E-state index in [1.54, 1.807) is 5.56 Å². The Balaban J connectivity index is 2.04. The molecule has 0 saturated carbocycles. The predicted octanol–water partition coefficient (Wildman–Crippen LogP) is 2.56. The minimum absolute atomic E-state index is 0.801. The average molecular weight is 181 g/mol. The summed E-state index contributed by atoms with van der Waals surface area (Å²) in [5, 5.41) is 4.48. The van der Waals surface area contributed by atoms with E-state index in [-0.39, 0.29) is 0 Å². The summed E-state index contributed by atoms with van der Waals surface area (Å²) in [6.07, 6.45) is 2.73. The van der Waals surface area contributed by atoms with E-state index < -0.39 is 0 Å². The first-order chi connectivity index (χ1) is 5.86. The molecule has 0 aliphatic carbocycles. The summed E-state index contributed by atoms with van der Waals surface area (Å²) in [6, 6.07) is 2.27. The van der Waals surface area contributed by atoms with E-state index in [0.29, 0.717) is 0 Å². The summed E-state index contributed by atoms with van der Waals surface area (Å²) in [6.45, 7) is 2.53. The van der Waals surface area contributed by atoms with Crippen molar-refractivity contribution in [1.82, 2.24) is 4.90 Å². The Morgan fingerprint density at radius 1 is 1.58 bits per heavy atom. The second kappa shape index (κ2) is 3.58. The molecule has 1 aromatic rings. The van der Waals surface area contributed by atoms with Gasteiger partial charge in [0.2, 0.25) is 0 Å². The topological polar surface area (TPSA) is 3.24 Å². The Hall–Kier alpha value is -0.340. The fourth-order valence-electron chi connectivity index (χ4n) is 1.95. The van der Waals surface area contributed by atoms with Crippen molar-refractivity contribution in [2.45, 2.75) is 18.8 Å². The molecule has 2 rings (SSSR count). The average Bonchev–Trinajstić information content (AvgIpc) is 2.56. The van der Waals surface area contributed by atoms with E-state index in [4.69, 9.17) is 0 Å². The number of piperidine rings is 1. The molecule has 66 valence electrons. The first-order valence-electron chi connectivity index (χ1n) is 4.57. The third-order valence-electron chi connectivity index (χ3n) is 2.64. The monoisotopic (exact) mass is 181 g/mol.